The monoisotopic (exact) mass is 593 g/mol. The van der Waals surface area contributed by atoms with Crippen molar-refractivity contribution >= 4 is 16.9 Å². The van der Waals surface area contributed by atoms with Gasteiger partial charge in [-0.05, 0) is 84.2 Å². The van der Waals surface area contributed by atoms with Gasteiger partial charge in [-0.2, -0.15) is 5.26 Å². The van der Waals surface area contributed by atoms with Gasteiger partial charge in [-0.3, -0.25) is 0 Å². The Balaban J connectivity index is 1.16. The van der Waals surface area contributed by atoms with E-state index >= 15 is 8.78 Å². The molecule has 2 aromatic heterocycles. The third-order valence-electron chi connectivity index (χ3n) is 8.76. The molecule has 0 saturated heterocycles. The first-order valence-corrected chi connectivity index (χ1v) is 14.3. The van der Waals surface area contributed by atoms with Crippen LogP contribution in [0.5, 0.6) is 5.88 Å². The molecule has 3 aromatic carbocycles. The molecule has 6 nitrogen and oxygen atoms in total. The number of carbonyl (C=O) groups excluding carboxylic acids is 1. The van der Waals surface area contributed by atoms with Crippen LogP contribution in [0.25, 0.3) is 22.2 Å². The van der Waals surface area contributed by atoms with E-state index in [0.29, 0.717) is 5.56 Å². The van der Waals surface area contributed by atoms with Crippen LogP contribution >= 0.6 is 0 Å². The number of aromatic nitrogens is 2. The van der Waals surface area contributed by atoms with Crippen molar-refractivity contribution in [2.24, 2.45) is 5.41 Å². The van der Waals surface area contributed by atoms with Gasteiger partial charge in [-0.15, -0.1) is 0 Å². The second kappa shape index (κ2) is 10.6. The minimum absolute atomic E-state index is 0.0244. The van der Waals surface area contributed by atoms with E-state index in [1.165, 1.54) is 25.3 Å². The maximum atomic E-state index is 15.6. The predicted molar refractivity (Wildman–Crippen MR) is 156 cm³/mol. The third-order valence-corrected chi connectivity index (χ3v) is 8.76. The average molecular weight is 594 g/mol. The number of halogens is 3. The zero-order chi connectivity index (χ0) is 30.6. The molecule has 2 saturated carbocycles. The molecular weight excluding hydrogens is 567 g/mol. The molecule has 0 bridgehead atoms. The Morgan fingerprint density at radius 2 is 1.82 bits per heavy atom. The lowest BCUT2D eigenvalue weighted by atomic mass is 10.0. The van der Waals surface area contributed by atoms with Crippen molar-refractivity contribution in [1.29, 1.82) is 5.26 Å². The van der Waals surface area contributed by atoms with E-state index in [9.17, 15) is 9.18 Å². The number of methoxy groups -OCH3 is 1. The van der Waals surface area contributed by atoms with Crippen molar-refractivity contribution in [3.05, 3.63) is 118 Å². The summed E-state index contributed by atoms with van der Waals surface area (Å²) in [5.41, 5.74) is 3.24. The Morgan fingerprint density at radius 1 is 1.00 bits per heavy atom. The number of rotatable bonds is 8. The highest BCUT2D eigenvalue weighted by molar-refractivity contribution is 5.95. The van der Waals surface area contributed by atoms with Gasteiger partial charge in [0.25, 0.3) is 0 Å². The Labute approximate surface area is 251 Å². The zero-order valence-electron chi connectivity index (χ0n) is 23.7. The molecule has 2 fully saturated rings. The standard InChI is InChI=1S/C35H26F3N3O3/c1-43-34(42)22-8-7-21-12-25(41(31(21)15-22)32-17-35(32)9-10-35)13-24-14-29(38)26(16-28(24)37)30-3-2-4-33(40-30)44-19-23-6-5-20(18-39)11-27(23)36/h2-8,11-12,14-16,32H,9-10,13,17,19H2,1H3. The number of benzene rings is 3. The van der Waals surface area contributed by atoms with Gasteiger partial charge < -0.3 is 14.0 Å². The van der Waals surface area contributed by atoms with E-state index in [1.807, 2.05) is 24.3 Å². The number of carbonyl (C=O) groups is 1. The van der Waals surface area contributed by atoms with Crippen LogP contribution in [0.15, 0.2) is 72.8 Å². The number of pyridine rings is 1. The summed E-state index contributed by atoms with van der Waals surface area (Å²) in [6.45, 7) is -0.152. The summed E-state index contributed by atoms with van der Waals surface area (Å²) in [6.07, 6.45) is 3.49. The van der Waals surface area contributed by atoms with Crippen molar-refractivity contribution in [2.75, 3.05) is 7.11 Å². The largest absolute Gasteiger partial charge is 0.473 e. The maximum Gasteiger partial charge on any atom is 0.337 e. The van der Waals surface area contributed by atoms with E-state index in [0.717, 1.165) is 48.0 Å². The fourth-order valence-corrected chi connectivity index (χ4v) is 6.06. The second-order valence-corrected chi connectivity index (χ2v) is 11.5. The van der Waals surface area contributed by atoms with Crippen LogP contribution < -0.4 is 4.74 Å². The summed E-state index contributed by atoms with van der Waals surface area (Å²) < 4.78 is 58.1. The average Bonchev–Trinajstić information content (AvgIpc) is 3.93. The molecule has 1 atom stereocenters. The summed E-state index contributed by atoms with van der Waals surface area (Å²) in [5, 5.41) is 9.85. The van der Waals surface area contributed by atoms with Crippen LogP contribution in [0.3, 0.4) is 0 Å². The molecule has 0 amide bonds. The van der Waals surface area contributed by atoms with Crippen LogP contribution in [-0.2, 0) is 17.8 Å². The zero-order valence-corrected chi connectivity index (χ0v) is 23.7. The van der Waals surface area contributed by atoms with E-state index in [-0.39, 0.29) is 58.3 Å². The van der Waals surface area contributed by atoms with Gasteiger partial charge in [0.05, 0.1) is 30.0 Å². The van der Waals surface area contributed by atoms with E-state index in [4.69, 9.17) is 14.7 Å². The molecule has 5 aromatic rings. The van der Waals surface area contributed by atoms with Crippen molar-refractivity contribution in [2.45, 2.75) is 38.3 Å². The quantitative estimate of drug-likeness (QED) is 0.173. The topological polar surface area (TPSA) is 77.1 Å². The van der Waals surface area contributed by atoms with Crippen molar-refractivity contribution < 1.29 is 27.4 Å². The molecule has 0 N–H and O–H groups in total. The van der Waals surface area contributed by atoms with Gasteiger partial charge in [0, 0.05) is 40.9 Å². The van der Waals surface area contributed by atoms with Crippen molar-refractivity contribution in [1.82, 2.24) is 9.55 Å². The van der Waals surface area contributed by atoms with Gasteiger partial charge in [-0.25, -0.2) is 22.9 Å². The van der Waals surface area contributed by atoms with E-state index in [1.54, 1.807) is 24.3 Å². The summed E-state index contributed by atoms with van der Waals surface area (Å²) in [6, 6.07) is 20.6. The Bertz CT molecular complexity index is 2010. The smallest absolute Gasteiger partial charge is 0.337 e. The SMILES string of the molecule is COC(=O)c1ccc2cc(Cc3cc(F)c(-c4cccc(OCc5ccc(C#N)cc5F)n4)cc3F)n(C3CC34CC4)c2c1. The molecule has 2 heterocycles. The first kappa shape index (κ1) is 27.7. The maximum absolute atomic E-state index is 15.6. The lowest BCUT2D eigenvalue weighted by Crippen LogP contribution is -2.06. The van der Waals surface area contributed by atoms with Gasteiger partial charge in [-0.1, -0.05) is 18.2 Å². The number of fused-ring (bicyclic) bond motifs is 1. The molecule has 0 aliphatic heterocycles. The minimum Gasteiger partial charge on any atom is -0.473 e. The lowest BCUT2D eigenvalue weighted by molar-refractivity contribution is 0.0601. The van der Waals surface area contributed by atoms with Gasteiger partial charge in [0.2, 0.25) is 5.88 Å². The highest BCUT2D eigenvalue weighted by Gasteiger charge is 2.64. The molecule has 9 heteroatoms. The molecule has 1 spiro atoms. The highest BCUT2D eigenvalue weighted by atomic mass is 19.1. The number of nitriles is 1. The van der Waals surface area contributed by atoms with Crippen LogP contribution in [0.1, 0.15) is 58.0 Å². The normalized spacial score (nSPS) is 16.1. The molecule has 2 aliphatic rings. The summed E-state index contributed by atoms with van der Waals surface area (Å²) in [7, 11) is 1.34. The fourth-order valence-electron chi connectivity index (χ4n) is 6.06. The molecule has 0 radical (unpaired) electrons. The Hall–Kier alpha value is -5.10. The van der Waals surface area contributed by atoms with Gasteiger partial charge >= 0.3 is 5.97 Å². The molecule has 220 valence electrons. The Kier molecular flexibility index (Phi) is 6.65. The van der Waals surface area contributed by atoms with E-state index < -0.39 is 23.4 Å². The summed E-state index contributed by atoms with van der Waals surface area (Å²) in [5.74, 6) is -2.10. The lowest BCUT2D eigenvalue weighted by Gasteiger charge is -2.13. The number of nitrogens with zero attached hydrogens (tertiary/aromatic N) is 3. The summed E-state index contributed by atoms with van der Waals surface area (Å²) >= 11 is 0. The number of ether oxygens (including phenoxy) is 2. The van der Waals surface area contributed by atoms with Crippen LogP contribution in [-0.4, -0.2) is 22.6 Å². The van der Waals surface area contributed by atoms with Gasteiger partial charge in [0.1, 0.15) is 24.1 Å². The minimum atomic E-state index is -0.634. The molecule has 7 rings (SSSR count). The van der Waals surface area contributed by atoms with Gasteiger partial charge in [0.15, 0.2) is 0 Å². The Morgan fingerprint density at radius 3 is 2.55 bits per heavy atom. The first-order valence-electron chi connectivity index (χ1n) is 14.3. The van der Waals surface area contributed by atoms with Crippen LogP contribution in [0.4, 0.5) is 13.2 Å². The molecule has 1 unspecified atom stereocenters. The molecule has 44 heavy (non-hydrogen) atoms. The molecular formula is C35H26F3N3O3. The second-order valence-electron chi connectivity index (χ2n) is 11.5. The third kappa shape index (κ3) is 4.96. The highest BCUT2D eigenvalue weighted by Crippen LogP contribution is 2.73. The number of esters is 1. The fraction of sp³-hybridized carbons (Fsp3) is 0.229. The number of hydrogen-bond donors (Lipinski definition) is 0. The van der Waals surface area contributed by atoms with E-state index in [2.05, 4.69) is 9.55 Å². The predicted octanol–water partition coefficient (Wildman–Crippen LogP) is 7.67. The number of hydrogen-bond acceptors (Lipinski definition) is 5. The summed E-state index contributed by atoms with van der Waals surface area (Å²) in [4.78, 5) is 16.5. The van der Waals surface area contributed by atoms with Crippen LogP contribution in [0, 0.1) is 34.2 Å². The van der Waals surface area contributed by atoms with Crippen molar-refractivity contribution in [3.8, 4) is 23.2 Å². The first-order chi connectivity index (χ1) is 21.3. The van der Waals surface area contributed by atoms with Crippen LogP contribution in [0.2, 0.25) is 0 Å². The van der Waals surface area contributed by atoms with Crippen molar-refractivity contribution in [3.63, 3.8) is 0 Å². The molecule has 2 aliphatic carbocycles.